The van der Waals surface area contributed by atoms with E-state index in [1.54, 1.807) is 6.20 Å². The lowest BCUT2D eigenvalue weighted by molar-refractivity contribution is -0.192. The Morgan fingerprint density at radius 3 is 2.32 bits per heavy atom. The molecule has 4 rings (SSSR count). The summed E-state index contributed by atoms with van der Waals surface area (Å²) in [4.78, 5) is 40.3. The number of nitrogens with two attached hydrogens (primary N) is 1. The van der Waals surface area contributed by atoms with E-state index in [-0.39, 0.29) is 6.54 Å². The van der Waals surface area contributed by atoms with E-state index in [1.807, 2.05) is 48.7 Å². The normalized spacial score (nSPS) is 12.1. The Bertz CT molecular complexity index is 1360. The molecule has 1 amide bonds. The molecular weight excluding hydrogens is 521 g/mol. The Labute approximate surface area is 198 Å². The van der Waals surface area contributed by atoms with Gasteiger partial charge in [-0.25, -0.2) is 4.79 Å². The summed E-state index contributed by atoms with van der Waals surface area (Å²) in [6.07, 6.45) is -1.71. The number of carbonyl (C=O) groups excluding carboxylic acids is 2. The van der Waals surface area contributed by atoms with Crippen molar-refractivity contribution < 1.29 is 32.7 Å². The number of carbonyl (C=O) groups is 3. The molecule has 0 fully saturated rings. The molecule has 0 unspecified atom stereocenters. The highest BCUT2D eigenvalue weighted by Gasteiger charge is 2.38. The number of hydrogen-bond acceptors (Lipinski definition) is 4. The van der Waals surface area contributed by atoms with Crippen LogP contribution in [0.25, 0.3) is 21.8 Å². The van der Waals surface area contributed by atoms with Crippen LogP contribution >= 0.6 is 15.9 Å². The number of aromatic amines is 2. The molecule has 8 nitrogen and oxygen atoms in total. The molecule has 12 heteroatoms. The summed E-state index contributed by atoms with van der Waals surface area (Å²) in [6, 6.07) is 12.7. The summed E-state index contributed by atoms with van der Waals surface area (Å²) in [5.74, 6) is -4.03. The summed E-state index contributed by atoms with van der Waals surface area (Å²) in [6.45, 7) is 0.177. The van der Waals surface area contributed by atoms with Crippen molar-refractivity contribution in [2.24, 2.45) is 5.73 Å². The number of amides is 1. The Hall–Kier alpha value is -3.64. The summed E-state index contributed by atoms with van der Waals surface area (Å²) in [5, 5.41) is 11.6. The maximum absolute atomic E-state index is 12.7. The second kappa shape index (κ2) is 10.1. The topological polar surface area (TPSA) is 141 Å². The Morgan fingerprint density at radius 1 is 1.03 bits per heavy atom. The van der Waals surface area contributed by atoms with Gasteiger partial charge >= 0.3 is 12.1 Å². The minimum absolute atomic E-state index is 0.177. The Morgan fingerprint density at radius 2 is 1.68 bits per heavy atom. The molecule has 4 aromatic rings. The van der Waals surface area contributed by atoms with Gasteiger partial charge in [0.1, 0.15) is 0 Å². The number of para-hydroxylation sites is 1. The molecule has 0 spiro atoms. The monoisotopic (exact) mass is 538 g/mol. The number of carboxylic acids is 1. The predicted molar refractivity (Wildman–Crippen MR) is 122 cm³/mol. The first-order valence-electron chi connectivity index (χ1n) is 9.71. The van der Waals surface area contributed by atoms with E-state index in [1.165, 1.54) is 0 Å². The molecule has 1 atom stereocenters. The third-order valence-corrected chi connectivity index (χ3v) is 5.37. The standard InChI is InChI=1S/C20H17BrN4O2.C2HF3O2/c21-11-5-6-13-14(9-24-17(13)7-11)18(8-22)25-20(27)19(26)15-10-23-16-4-2-1-3-12(15)16;3-2(4,5)1(6)7/h1-7,9-10,18,23-24H,8,22H2,(H,25,27);(H,6,7)/t18-;/m1./s1. The lowest BCUT2D eigenvalue weighted by atomic mass is 10.0. The highest BCUT2D eigenvalue weighted by atomic mass is 79.9. The van der Waals surface area contributed by atoms with Crippen LogP contribution in [-0.2, 0) is 9.59 Å². The first-order chi connectivity index (χ1) is 16.0. The van der Waals surface area contributed by atoms with Crippen LogP contribution in [0.5, 0.6) is 0 Å². The molecule has 178 valence electrons. The number of Topliss-reactive ketones (excluding diaryl/α,β-unsaturated/α-hetero) is 1. The maximum atomic E-state index is 12.7. The second-order valence-corrected chi connectivity index (χ2v) is 7.99. The van der Waals surface area contributed by atoms with Gasteiger partial charge in [0, 0.05) is 50.8 Å². The zero-order chi connectivity index (χ0) is 25.0. The number of aromatic nitrogens is 2. The van der Waals surface area contributed by atoms with E-state index in [0.717, 1.165) is 31.8 Å². The average molecular weight is 539 g/mol. The number of halogens is 4. The second-order valence-electron chi connectivity index (χ2n) is 7.08. The molecular formula is C22H18BrF3N4O4. The van der Waals surface area contributed by atoms with Gasteiger partial charge in [-0.1, -0.05) is 40.2 Å². The van der Waals surface area contributed by atoms with E-state index in [2.05, 4.69) is 31.2 Å². The smallest absolute Gasteiger partial charge is 0.475 e. The Balaban J connectivity index is 0.000000406. The Kier molecular flexibility index (Phi) is 7.42. The van der Waals surface area contributed by atoms with Crippen LogP contribution < -0.4 is 11.1 Å². The van der Waals surface area contributed by atoms with Crippen molar-refractivity contribution in [3.05, 3.63) is 70.5 Å². The number of aliphatic carboxylic acids is 1. The fourth-order valence-corrected chi connectivity index (χ4v) is 3.64. The molecule has 0 aliphatic heterocycles. The van der Waals surface area contributed by atoms with Crippen LogP contribution in [0.3, 0.4) is 0 Å². The van der Waals surface area contributed by atoms with Crippen LogP contribution in [0.1, 0.15) is 22.0 Å². The molecule has 2 heterocycles. The van der Waals surface area contributed by atoms with Gasteiger partial charge in [-0.05, 0) is 18.2 Å². The van der Waals surface area contributed by atoms with Gasteiger partial charge in [-0.2, -0.15) is 13.2 Å². The summed E-state index contributed by atoms with van der Waals surface area (Å²) < 4.78 is 32.7. The van der Waals surface area contributed by atoms with Gasteiger partial charge in [0.15, 0.2) is 0 Å². The zero-order valence-electron chi connectivity index (χ0n) is 17.2. The van der Waals surface area contributed by atoms with Crippen molar-refractivity contribution in [1.29, 1.82) is 0 Å². The van der Waals surface area contributed by atoms with Crippen molar-refractivity contribution in [3.63, 3.8) is 0 Å². The predicted octanol–water partition coefficient (Wildman–Crippen LogP) is 4.04. The average Bonchev–Trinajstić information content (AvgIpc) is 3.40. The molecule has 2 aromatic heterocycles. The number of carboxylic acid groups (broad SMARTS) is 1. The van der Waals surface area contributed by atoms with Crippen molar-refractivity contribution >= 4 is 55.4 Å². The fourth-order valence-electron chi connectivity index (χ4n) is 3.28. The molecule has 0 saturated heterocycles. The van der Waals surface area contributed by atoms with Gasteiger partial charge in [-0.3, -0.25) is 9.59 Å². The lowest BCUT2D eigenvalue weighted by Crippen LogP contribution is -2.37. The van der Waals surface area contributed by atoms with Gasteiger partial charge in [0.2, 0.25) is 0 Å². The first kappa shape index (κ1) is 25.0. The maximum Gasteiger partial charge on any atom is 0.490 e. The van der Waals surface area contributed by atoms with E-state index < -0.39 is 29.9 Å². The van der Waals surface area contributed by atoms with Gasteiger partial charge in [0.25, 0.3) is 11.7 Å². The minimum atomic E-state index is -5.08. The molecule has 2 aromatic carbocycles. The molecule has 0 radical (unpaired) electrons. The number of fused-ring (bicyclic) bond motifs is 2. The van der Waals surface area contributed by atoms with Crippen molar-refractivity contribution in [2.45, 2.75) is 12.2 Å². The molecule has 0 aliphatic rings. The highest BCUT2D eigenvalue weighted by Crippen LogP contribution is 2.27. The van der Waals surface area contributed by atoms with E-state index in [0.29, 0.717) is 5.56 Å². The van der Waals surface area contributed by atoms with Crippen LogP contribution in [0.4, 0.5) is 13.2 Å². The molecule has 0 saturated carbocycles. The number of benzene rings is 2. The highest BCUT2D eigenvalue weighted by molar-refractivity contribution is 9.10. The van der Waals surface area contributed by atoms with Crippen molar-refractivity contribution in [1.82, 2.24) is 15.3 Å². The molecule has 34 heavy (non-hydrogen) atoms. The van der Waals surface area contributed by atoms with E-state index in [9.17, 15) is 22.8 Å². The van der Waals surface area contributed by atoms with Gasteiger partial charge in [0.05, 0.1) is 11.6 Å². The minimum Gasteiger partial charge on any atom is -0.475 e. The quantitative estimate of drug-likeness (QED) is 0.192. The molecule has 0 aliphatic carbocycles. The fraction of sp³-hybridized carbons (Fsp3) is 0.136. The number of alkyl halides is 3. The van der Waals surface area contributed by atoms with Crippen LogP contribution in [-0.4, -0.2) is 45.5 Å². The third kappa shape index (κ3) is 5.46. The number of rotatable bonds is 5. The largest absolute Gasteiger partial charge is 0.490 e. The van der Waals surface area contributed by atoms with Crippen LogP contribution in [0.2, 0.25) is 0 Å². The van der Waals surface area contributed by atoms with Crippen molar-refractivity contribution in [2.75, 3.05) is 6.54 Å². The van der Waals surface area contributed by atoms with Gasteiger partial charge < -0.3 is 26.1 Å². The zero-order valence-corrected chi connectivity index (χ0v) is 18.8. The number of nitrogens with one attached hydrogen (secondary N) is 3. The summed E-state index contributed by atoms with van der Waals surface area (Å²) in [7, 11) is 0. The lowest BCUT2D eigenvalue weighted by Gasteiger charge is -2.16. The van der Waals surface area contributed by atoms with Crippen molar-refractivity contribution in [3.8, 4) is 0 Å². The first-order valence-corrected chi connectivity index (χ1v) is 10.5. The summed E-state index contributed by atoms with van der Waals surface area (Å²) in [5.41, 5.74) is 8.82. The third-order valence-electron chi connectivity index (χ3n) is 4.87. The number of ketones is 1. The number of H-pyrrole nitrogens is 2. The summed E-state index contributed by atoms with van der Waals surface area (Å²) >= 11 is 3.43. The van der Waals surface area contributed by atoms with E-state index in [4.69, 9.17) is 15.6 Å². The molecule has 6 N–H and O–H groups in total. The number of hydrogen-bond donors (Lipinski definition) is 5. The van der Waals surface area contributed by atoms with Crippen LogP contribution in [0.15, 0.2) is 59.3 Å². The SMILES string of the molecule is NC[C@@H](NC(=O)C(=O)c1c[nH]c2ccccc12)c1c[nH]c2cc(Br)ccc12.O=C(O)C(F)(F)F. The van der Waals surface area contributed by atoms with Gasteiger partial charge in [-0.15, -0.1) is 0 Å². The molecule has 0 bridgehead atoms. The van der Waals surface area contributed by atoms with E-state index >= 15 is 0 Å². The van der Waals surface area contributed by atoms with Crippen LogP contribution in [0, 0.1) is 0 Å².